The molecule has 0 bridgehead atoms. The van der Waals surface area contributed by atoms with Crippen molar-refractivity contribution in [3.63, 3.8) is 0 Å². The molecule has 0 N–H and O–H groups in total. The van der Waals surface area contributed by atoms with E-state index in [1.54, 1.807) is 25.1 Å². The molecule has 1 saturated heterocycles. The number of carbonyl (C=O) groups is 2. The van der Waals surface area contributed by atoms with Gasteiger partial charge in [-0.25, -0.2) is 4.79 Å². The van der Waals surface area contributed by atoms with Crippen LogP contribution in [0.25, 0.3) is 0 Å². The molecule has 6 nitrogen and oxygen atoms in total. The monoisotopic (exact) mass is 362 g/mol. The van der Waals surface area contributed by atoms with Crippen molar-refractivity contribution in [2.24, 2.45) is 0 Å². The minimum absolute atomic E-state index is 0.0404. The van der Waals surface area contributed by atoms with Crippen LogP contribution in [-0.2, 0) is 23.6 Å². The van der Waals surface area contributed by atoms with Crippen LogP contribution in [0, 0.1) is 0 Å². The molecule has 0 saturated carbocycles. The van der Waals surface area contributed by atoms with Crippen LogP contribution in [0.4, 0.5) is 0 Å². The van der Waals surface area contributed by atoms with Crippen LogP contribution in [0.3, 0.4) is 0 Å². The fourth-order valence-corrected chi connectivity index (χ4v) is 2.92. The molecule has 0 aromatic heterocycles. The normalized spacial score (nSPS) is 19.1. The van der Waals surface area contributed by atoms with Crippen LogP contribution in [0.15, 0.2) is 24.3 Å². The lowest BCUT2D eigenvalue weighted by atomic mass is 9.65. The number of methoxy groups -OCH3 is 1. The third kappa shape index (κ3) is 4.10. The first kappa shape index (κ1) is 20.5. The Morgan fingerprint density at radius 1 is 1.12 bits per heavy atom. The molecule has 1 aliphatic rings. The zero-order valence-corrected chi connectivity index (χ0v) is 16.3. The van der Waals surface area contributed by atoms with Gasteiger partial charge in [0.05, 0.1) is 36.9 Å². The van der Waals surface area contributed by atoms with E-state index in [-0.39, 0.29) is 19.0 Å². The quantitative estimate of drug-likeness (QED) is 0.572. The van der Waals surface area contributed by atoms with Crippen molar-refractivity contribution in [3.05, 3.63) is 35.4 Å². The zero-order chi connectivity index (χ0) is 19.5. The molecule has 1 aromatic rings. The number of ether oxygens (including phenoxy) is 2. The Kier molecular flexibility index (Phi) is 6.14. The van der Waals surface area contributed by atoms with Gasteiger partial charge in [-0.3, -0.25) is 4.79 Å². The highest BCUT2D eigenvalue weighted by Crippen LogP contribution is 2.42. The lowest BCUT2D eigenvalue weighted by molar-refractivity contribution is -0.143. The molecule has 26 heavy (non-hydrogen) atoms. The summed E-state index contributed by atoms with van der Waals surface area (Å²) in [5.41, 5.74) is -0.0693. The van der Waals surface area contributed by atoms with Crippen molar-refractivity contribution in [1.82, 2.24) is 0 Å². The number of benzene rings is 1. The van der Waals surface area contributed by atoms with Gasteiger partial charge in [0.15, 0.2) is 0 Å². The Morgan fingerprint density at radius 3 is 2.23 bits per heavy atom. The Labute approximate surface area is 155 Å². The third-order valence-corrected chi connectivity index (χ3v) is 5.06. The summed E-state index contributed by atoms with van der Waals surface area (Å²) in [7, 11) is 0.643. The van der Waals surface area contributed by atoms with E-state index in [0.717, 1.165) is 0 Å². The fraction of sp³-hybridized carbons (Fsp3) is 0.579. The molecule has 1 aromatic carbocycles. The third-order valence-electron chi connectivity index (χ3n) is 5.06. The van der Waals surface area contributed by atoms with Crippen LogP contribution in [0.2, 0.25) is 0 Å². The number of hydrogen-bond donors (Lipinski definition) is 0. The largest absolute Gasteiger partial charge is 0.466 e. The lowest BCUT2D eigenvalue weighted by Gasteiger charge is -2.32. The van der Waals surface area contributed by atoms with Crippen molar-refractivity contribution in [3.8, 4) is 0 Å². The summed E-state index contributed by atoms with van der Waals surface area (Å²) in [5, 5.41) is 0. The number of rotatable bonds is 6. The van der Waals surface area contributed by atoms with E-state index in [9.17, 15) is 9.59 Å². The second kappa shape index (κ2) is 7.80. The lowest BCUT2D eigenvalue weighted by Crippen LogP contribution is -2.41. The van der Waals surface area contributed by atoms with E-state index in [1.165, 1.54) is 7.11 Å². The number of hydrogen-bond acceptors (Lipinski definition) is 6. The molecule has 0 radical (unpaired) electrons. The molecule has 2 rings (SSSR count). The summed E-state index contributed by atoms with van der Waals surface area (Å²) in [5.74, 6) is -1.33. The van der Waals surface area contributed by atoms with E-state index in [2.05, 4.69) is 0 Å². The molecule has 0 aliphatic carbocycles. The van der Waals surface area contributed by atoms with Crippen molar-refractivity contribution >= 4 is 19.1 Å². The van der Waals surface area contributed by atoms with Crippen LogP contribution < -0.4 is 0 Å². The standard InChI is InChI=1S/C19H27BO6/c1-7-24-16(21)12-15(20-25-18(2,3)19(4,5)26-20)13-10-8-9-11-14(13)17(22)23-6/h8-11,15H,7,12H2,1-6H3. The Hall–Kier alpha value is -1.86. The molecular weight excluding hydrogens is 335 g/mol. The van der Waals surface area contributed by atoms with Gasteiger partial charge in [0.2, 0.25) is 0 Å². The molecule has 1 heterocycles. The van der Waals surface area contributed by atoms with Gasteiger partial charge in [-0.15, -0.1) is 0 Å². The first-order valence-electron chi connectivity index (χ1n) is 8.81. The van der Waals surface area contributed by atoms with Crippen molar-refractivity contribution < 1.29 is 28.4 Å². The summed E-state index contributed by atoms with van der Waals surface area (Å²) >= 11 is 0. The summed E-state index contributed by atoms with van der Waals surface area (Å²) in [6.45, 7) is 9.82. The van der Waals surface area contributed by atoms with Crippen molar-refractivity contribution in [1.29, 1.82) is 0 Å². The highest BCUT2D eigenvalue weighted by atomic mass is 16.7. The summed E-state index contributed by atoms with van der Waals surface area (Å²) < 4.78 is 22.3. The average Bonchev–Trinajstić information content (AvgIpc) is 2.80. The summed E-state index contributed by atoms with van der Waals surface area (Å²) in [6.07, 6.45) is 0.0404. The average molecular weight is 362 g/mol. The van der Waals surface area contributed by atoms with Gasteiger partial charge in [0.25, 0.3) is 0 Å². The SMILES string of the molecule is CCOC(=O)CC(B1OC(C)(C)C(C)(C)O1)c1ccccc1C(=O)OC. The van der Waals surface area contributed by atoms with Crippen LogP contribution in [-0.4, -0.2) is 44.0 Å². The van der Waals surface area contributed by atoms with Crippen molar-refractivity contribution in [2.45, 2.75) is 58.1 Å². The van der Waals surface area contributed by atoms with E-state index in [1.807, 2.05) is 33.8 Å². The maximum absolute atomic E-state index is 12.2. The second-order valence-corrected chi connectivity index (χ2v) is 7.32. The highest BCUT2D eigenvalue weighted by Gasteiger charge is 2.54. The van der Waals surface area contributed by atoms with Gasteiger partial charge in [-0.2, -0.15) is 0 Å². The molecule has 7 heteroatoms. The predicted molar refractivity (Wildman–Crippen MR) is 97.9 cm³/mol. The summed E-state index contributed by atoms with van der Waals surface area (Å²) in [4.78, 5) is 24.4. The zero-order valence-electron chi connectivity index (χ0n) is 16.3. The molecule has 1 aliphatic heterocycles. The predicted octanol–water partition coefficient (Wildman–Crippen LogP) is 3.14. The second-order valence-electron chi connectivity index (χ2n) is 7.32. The smallest absolute Gasteiger partial charge is 0.466 e. The summed E-state index contributed by atoms with van der Waals surface area (Å²) in [6, 6.07) is 7.03. The molecule has 0 amide bonds. The van der Waals surface area contributed by atoms with Crippen molar-refractivity contribution in [2.75, 3.05) is 13.7 Å². The van der Waals surface area contributed by atoms with Gasteiger partial charge in [-0.05, 0) is 46.2 Å². The maximum Gasteiger partial charge on any atom is 0.466 e. The van der Waals surface area contributed by atoms with Crippen LogP contribution in [0.1, 0.15) is 62.8 Å². The molecule has 0 spiro atoms. The van der Waals surface area contributed by atoms with E-state index in [0.29, 0.717) is 11.1 Å². The fourth-order valence-electron chi connectivity index (χ4n) is 2.92. The molecule has 1 atom stereocenters. The van der Waals surface area contributed by atoms with E-state index < -0.39 is 30.1 Å². The topological polar surface area (TPSA) is 71.1 Å². The Balaban J connectivity index is 2.44. The van der Waals surface area contributed by atoms with Gasteiger partial charge in [0, 0.05) is 5.82 Å². The maximum atomic E-state index is 12.2. The molecule has 1 unspecified atom stereocenters. The Morgan fingerprint density at radius 2 is 1.69 bits per heavy atom. The minimum atomic E-state index is -0.685. The van der Waals surface area contributed by atoms with Gasteiger partial charge >= 0.3 is 19.1 Å². The minimum Gasteiger partial charge on any atom is -0.466 e. The number of esters is 2. The Bertz CT molecular complexity index is 654. The molecule has 1 fully saturated rings. The van der Waals surface area contributed by atoms with Crippen LogP contribution in [0.5, 0.6) is 0 Å². The molecule has 142 valence electrons. The highest BCUT2D eigenvalue weighted by molar-refractivity contribution is 6.48. The van der Waals surface area contributed by atoms with E-state index in [4.69, 9.17) is 18.8 Å². The van der Waals surface area contributed by atoms with Gasteiger partial charge < -0.3 is 18.8 Å². The first-order chi connectivity index (χ1) is 12.1. The van der Waals surface area contributed by atoms with Gasteiger partial charge in [0.1, 0.15) is 0 Å². The van der Waals surface area contributed by atoms with Gasteiger partial charge in [-0.1, -0.05) is 18.2 Å². The molecular formula is C19H27BO6. The van der Waals surface area contributed by atoms with E-state index >= 15 is 0 Å². The first-order valence-corrected chi connectivity index (χ1v) is 8.81. The number of carbonyl (C=O) groups excluding carboxylic acids is 2. The van der Waals surface area contributed by atoms with Crippen LogP contribution >= 0.6 is 0 Å².